The summed E-state index contributed by atoms with van der Waals surface area (Å²) in [5.41, 5.74) is 2.10. The fourth-order valence-electron chi connectivity index (χ4n) is 5.43. The summed E-state index contributed by atoms with van der Waals surface area (Å²) in [6, 6.07) is 5.34. The Morgan fingerprint density at radius 1 is 1.06 bits per heavy atom. The van der Waals surface area contributed by atoms with E-state index < -0.39 is 5.97 Å². The SMILES string of the molecule is COC(=O)c1ccc(N2CCCC2)c(NC(=O)N2CCC(CN3CC(C)OC(C)C3)CC2)c1. The largest absolute Gasteiger partial charge is 0.465 e. The highest BCUT2D eigenvalue weighted by molar-refractivity contribution is 5.97. The number of methoxy groups -OCH3 is 1. The van der Waals surface area contributed by atoms with Gasteiger partial charge in [-0.1, -0.05) is 0 Å². The van der Waals surface area contributed by atoms with E-state index in [1.54, 1.807) is 12.1 Å². The van der Waals surface area contributed by atoms with E-state index in [0.717, 1.165) is 77.2 Å². The van der Waals surface area contributed by atoms with Gasteiger partial charge in [-0.2, -0.15) is 0 Å². The van der Waals surface area contributed by atoms with E-state index in [1.807, 2.05) is 11.0 Å². The van der Waals surface area contributed by atoms with Crippen LogP contribution in [0.4, 0.5) is 16.2 Å². The molecule has 182 valence electrons. The Labute approximate surface area is 197 Å². The smallest absolute Gasteiger partial charge is 0.337 e. The molecule has 2 amide bonds. The zero-order valence-electron chi connectivity index (χ0n) is 20.2. The van der Waals surface area contributed by atoms with Crippen LogP contribution in [0.3, 0.4) is 0 Å². The molecule has 0 aromatic heterocycles. The van der Waals surface area contributed by atoms with Gasteiger partial charge in [0.1, 0.15) is 0 Å². The second-order valence-corrected chi connectivity index (χ2v) is 9.75. The maximum absolute atomic E-state index is 13.1. The summed E-state index contributed by atoms with van der Waals surface area (Å²) in [5, 5.41) is 3.09. The van der Waals surface area contributed by atoms with Gasteiger partial charge in [0.05, 0.1) is 36.3 Å². The first kappa shape index (κ1) is 23.8. The monoisotopic (exact) mass is 458 g/mol. The molecule has 0 spiro atoms. The van der Waals surface area contributed by atoms with Gasteiger partial charge >= 0.3 is 12.0 Å². The highest BCUT2D eigenvalue weighted by Gasteiger charge is 2.28. The lowest BCUT2D eigenvalue weighted by Crippen LogP contribution is -2.49. The molecule has 1 aromatic rings. The minimum absolute atomic E-state index is 0.0930. The first-order valence-corrected chi connectivity index (χ1v) is 12.3. The normalized spacial score (nSPS) is 24.7. The molecule has 2 unspecified atom stereocenters. The third-order valence-corrected chi connectivity index (χ3v) is 7.02. The summed E-state index contributed by atoms with van der Waals surface area (Å²) < 4.78 is 10.7. The van der Waals surface area contributed by atoms with E-state index in [0.29, 0.717) is 17.2 Å². The summed E-state index contributed by atoms with van der Waals surface area (Å²) >= 11 is 0. The van der Waals surface area contributed by atoms with Crippen molar-refractivity contribution < 1.29 is 19.1 Å². The van der Waals surface area contributed by atoms with Crippen molar-refractivity contribution in [3.8, 4) is 0 Å². The Morgan fingerprint density at radius 2 is 1.73 bits per heavy atom. The Balaban J connectivity index is 1.36. The van der Waals surface area contributed by atoms with Gasteiger partial charge < -0.3 is 24.6 Å². The molecule has 2 atom stereocenters. The van der Waals surface area contributed by atoms with Crippen molar-refractivity contribution in [2.24, 2.45) is 5.92 Å². The van der Waals surface area contributed by atoms with Crippen LogP contribution in [-0.2, 0) is 9.47 Å². The summed E-state index contributed by atoms with van der Waals surface area (Å²) in [4.78, 5) is 31.9. The fraction of sp³-hybridized carbons (Fsp3) is 0.680. The van der Waals surface area contributed by atoms with E-state index in [9.17, 15) is 9.59 Å². The Kier molecular flexibility index (Phi) is 7.75. The molecule has 8 heteroatoms. The van der Waals surface area contributed by atoms with Crippen molar-refractivity contribution in [2.75, 3.05) is 63.1 Å². The van der Waals surface area contributed by atoms with Crippen LogP contribution in [0, 0.1) is 5.92 Å². The Morgan fingerprint density at radius 3 is 2.36 bits per heavy atom. The van der Waals surface area contributed by atoms with Crippen molar-refractivity contribution in [3.05, 3.63) is 23.8 Å². The van der Waals surface area contributed by atoms with E-state index in [1.165, 1.54) is 7.11 Å². The number of piperidine rings is 1. The quantitative estimate of drug-likeness (QED) is 0.682. The molecule has 3 saturated heterocycles. The van der Waals surface area contributed by atoms with Crippen LogP contribution in [0.25, 0.3) is 0 Å². The predicted molar refractivity (Wildman–Crippen MR) is 129 cm³/mol. The van der Waals surface area contributed by atoms with Crippen molar-refractivity contribution >= 4 is 23.4 Å². The minimum atomic E-state index is -0.397. The number of nitrogens with one attached hydrogen (secondary N) is 1. The molecule has 0 bridgehead atoms. The minimum Gasteiger partial charge on any atom is -0.465 e. The molecular weight excluding hydrogens is 420 g/mol. The number of urea groups is 1. The van der Waals surface area contributed by atoms with Gasteiger partial charge in [0, 0.05) is 45.8 Å². The first-order valence-electron chi connectivity index (χ1n) is 12.3. The number of amides is 2. The number of anilines is 2. The maximum Gasteiger partial charge on any atom is 0.337 e. The van der Waals surface area contributed by atoms with Gasteiger partial charge in [-0.25, -0.2) is 9.59 Å². The average molecular weight is 459 g/mol. The van der Waals surface area contributed by atoms with Crippen LogP contribution in [0.2, 0.25) is 0 Å². The molecule has 8 nitrogen and oxygen atoms in total. The molecule has 3 aliphatic rings. The molecule has 0 radical (unpaired) electrons. The number of ether oxygens (including phenoxy) is 2. The van der Waals surface area contributed by atoms with Gasteiger partial charge in [-0.3, -0.25) is 4.90 Å². The van der Waals surface area contributed by atoms with Crippen molar-refractivity contribution in [2.45, 2.75) is 51.7 Å². The van der Waals surface area contributed by atoms with E-state index in [2.05, 4.69) is 29.0 Å². The molecule has 3 heterocycles. The number of nitrogens with zero attached hydrogens (tertiary/aromatic N) is 3. The molecule has 33 heavy (non-hydrogen) atoms. The van der Waals surface area contributed by atoms with E-state index >= 15 is 0 Å². The second kappa shape index (κ2) is 10.7. The van der Waals surface area contributed by atoms with Crippen LogP contribution in [0.1, 0.15) is 49.9 Å². The molecule has 1 aromatic carbocycles. The molecule has 0 aliphatic carbocycles. The standard InChI is InChI=1S/C25H38N4O4/c1-18-15-27(16-19(2)33-18)17-20-8-12-29(13-9-20)25(31)26-22-14-21(24(30)32-3)6-7-23(22)28-10-4-5-11-28/h6-7,14,18-20H,4-5,8-13,15-17H2,1-3H3,(H,26,31). The number of morpholine rings is 1. The number of rotatable bonds is 5. The fourth-order valence-corrected chi connectivity index (χ4v) is 5.43. The van der Waals surface area contributed by atoms with Crippen LogP contribution in [0.5, 0.6) is 0 Å². The molecular formula is C25H38N4O4. The number of hydrogen-bond acceptors (Lipinski definition) is 6. The number of hydrogen-bond donors (Lipinski definition) is 1. The molecule has 0 saturated carbocycles. The van der Waals surface area contributed by atoms with E-state index in [-0.39, 0.29) is 18.2 Å². The van der Waals surface area contributed by atoms with Gasteiger partial charge in [0.2, 0.25) is 0 Å². The molecule has 1 N–H and O–H groups in total. The van der Waals surface area contributed by atoms with Crippen molar-refractivity contribution in [1.29, 1.82) is 0 Å². The number of benzene rings is 1. The predicted octanol–water partition coefficient (Wildman–Crippen LogP) is 3.43. The van der Waals surface area contributed by atoms with Crippen LogP contribution in [0.15, 0.2) is 18.2 Å². The highest BCUT2D eigenvalue weighted by Crippen LogP contribution is 2.31. The van der Waals surface area contributed by atoms with Gasteiger partial charge in [-0.05, 0) is 63.6 Å². The third-order valence-electron chi connectivity index (χ3n) is 7.02. The number of carbonyl (C=O) groups excluding carboxylic acids is 2. The Bertz CT molecular complexity index is 824. The zero-order chi connectivity index (χ0) is 23.4. The van der Waals surface area contributed by atoms with Gasteiger partial charge in [-0.15, -0.1) is 0 Å². The summed E-state index contributed by atoms with van der Waals surface area (Å²) in [5.74, 6) is 0.209. The second-order valence-electron chi connectivity index (χ2n) is 9.75. The van der Waals surface area contributed by atoms with Crippen LogP contribution < -0.4 is 10.2 Å². The summed E-state index contributed by atoms with van der Waals surface area (Å²) in [6.45, 7) is 10.8. The molecule has 3 fully saturated rings. The first-order chi connectivity index (χ1) is 15.9. The number of esters is 1. The maximum atomic E-state index is 13.1. The summed E-state index contributed by atoms with van der Waals surface area (Å²) in [6.07, 6.45) is 4.86. The number of carbonyl (C=O) groups is 2. The topological polar surface area (TPSA) is 74.4 Å². The van der Waals surface area contributed by atoms with Crippen molar-refractivity contribution in [1.82, 2.24) is 9.80 Å². The number of likely N-dealkylation sites (tertiary alicyclic amines) is 1. The van der Waals surface area contributed by atoms with E-state index in [4.69, 9.17) is 9.47 Å². The summed E-state index contributed by atoms with van der Waals surface area (Å²) in [7, 11) is 1.37. The molecule has 4 rings (SSSR count). The van der Waals surface area contributed by atoms with Crippen LogP contribution in [-0.4, -0.2) is 86.9 Å². The van der Waals surface area contributed by atoms with Crippen molar-refractivity contribution in [3.63, 3.8) is 0 Å². The third kappa shape index (κ3) is 5.98. The van der Waals surface area contributed by atoms with Gasteiger partial charge in [0.15, 0.2) is 0 Å². The lowest BCUT2D eigenvalue weighted by Gasteiger charge is -2.39. The van der Waals surface area contributed by atoms with Gasteiger partial charge in [0.25, 0.3) is 0 Å². The highest BCUT2D eigenvalue weighted by atomic mass is 16.5. The lowest BCUT2D eigenvalue weighted by molar-refractivity contribution is -0.0728. The average Bonchev–Trinajstić information content (AvgIpc) is 3.33. The van der Waals surface area contributed by atoms with Crippen LogP contribution >= 0.6 is 0 Å². The molecule has 3 aliphatic heterocycles. The lowest BCUT2D eigenvalue weighted by atomic mass is 9.96. The zero-order valence-corrected chi connectivity index (χ0v) is 20.2. The Hall–Kier alpha value is -2.32.